The molecule has 1 N–H and O–H groups in total. The molecule has 1 amide bonds. The first kappa shape index (κ1) is 22.6. The van der Waals surface area contributed by atoms with Crippen LogP contribution in [0, 0.1) is 0 Å². The minimum atomic E-state index is -3.70. The summed E-state index contributed by atoms with van der Waals surface area (Å²) in [5.41, 5.74) is 0.265. The molecule has 0 saturated heterocycles. The maximum atomic E-state index is 12.2. The van der Waals surface area contributed by atoms with Crippen molar-refractivity contribution in [3.8, 4) is 17.2 Å². The lowest BCUT2D eigenvalue weighted by Crippen LogP contribution is -2.41. The van der Waals surface area contributed by atoms with Crippen molar-refractivity contribution in [1.29, 1.82) is 0 Å². The molecular weight excluding hydrogens is 420 g/mol. The van der Waals surface area contributed by atoms with E-state index in [2.05, 4.69) is 5.32 Å². The van der Waals surface area contributed by atoms with Gasteiger partial charge in [-0.15, -0.1) is 0 Å². The molecule has 158 valence electrons. The second-order valence-electron chi connectivity index (χ2n) is 5.97. The zero-order chi connectivity index (χ0) is 21.4. The Morgan fingerprint density at radius 1 is 1.10 bits per heavy atom. The number of amides is 1. The number of benzene rings is 2. The first-order valence-electron chi connectivity index (χ1n) is 8.59. The molecule has 0 aliphatic heterocycles. The van der Waals surface area contributed by atoms with Gasteiger partial charge < -0.3 is 19.5 Å². The van der Waals surface area contributed by atoms with Crippen molar-refractivity contribution in [2.24, 2.45) is 0 Å². The zero-order valence-electron chi connectivity index (χ0n) is 16.3. The van der Waals surface area contributed by atoms with Crippen molar-refractivity contribution in [1.82, 2.24) is 5.32 Å². The monoisotopic (exact) mass is 442 g/mol. The van der Waals surface area contributed by atoms with E-state index in [0.29, 0.717) is 17.2 Å². The van der Waals surface area contributed by atoms with Gasteiger partial charge in [-0.25, -0.2) is 8.42 Å². The third-order valence-electron chi connectivity index (χ3n) is 3.85. The van der Waals surface area contributed by atoms with E-state index in [-0.39, 0.29) is 30.4 Å². The summed E-state index contributed by atoms with van der Waals surface area (Å²) in [5.74, 6) is 1.19. The van der Waals surface area contributed by atoms with Gasteiger partial charge >= 0.3 is 0 Å². The summed E-state index contributed by atoms with van der Waals surface area (Å²) < 4.78 is 41.0. The van der Waals surface area contributed by atoms with Crippen LogP contribution >= 0.6 is 11.6 Å². The third-order valence-corrected chi connectivity index (χ3v) is 5.28. The fraction of sp³-hybridized carbons (Fsp3) is 0.316. The molecule has 0 aromatic heterocycles. The normalized spacial score (nSPS) is 10.9. The molecule has 0 radical (unpaired) electrons. The molecule has 8 nitrogen and oxygen atoms in total. The molecule has 0 heterocycles. The van der Waals surface area contributed by atoms with Crippen LogP contribution in [0.2, 0.25) is 5.02 Å². The van der Waals surface area contributed by atoms with Crippen LogP contribution in [0.5, 0.6) is 17.2 Å². The molecule has 2 aromatic rings. The lowest BCUT2D eigenvalue weighted by molar-refractivity contribution is -0.119. The smallest absolute Gasteiger partial charge is 0.240 e. The maximum Gasteiger partial charge on any atom is 0.240 e. The Balaban J connectivity index is 1.94. The van der Waals surface area contributed by atoms with Crippen LogP contribution in [0.15, 0.2) is 42.5 Å². The van der Waals surface area contributed by atoms with E-state index in [1.165, 1.54) is 25.3 Å². The predicted molar refractivity (Wildman–Crippen MR) is 112 cm³/mol. The number of halogens is 1. The predicted octanol–water partition coefficient (Wildman–Crippen LogP) is 2.32. The topological polar surface area (TPSA) is 94.2 Å². The van der Waals surface area contributed by atoms with Crippen molar-refractivity contribution < 1.29 is 27.4 Å². The van der Waals surface area contributed by atoms with Crippen molar-refractivity contribution >= 4 is 33.2 Å². The quantitative estimate of drug-likeness (QED) is 0.567. The average Bonchev–Trinajstić information content (AvgIpc) is 2.68. The summed E-state index contributed by atoms with van der Waals surface area (Å²) in [6.07, 6.45) is 1.02. The van der Waals surface area contributed by atoms with E-state index in [4.69, 9.17) is 25.8 Å². The van der Waals surface area contributed by atoms with Crippen molar-refractivity contribution in [2.45, 2.75) is 0 Å². The van der Waals surface area contributed by atoms with Crippen LogP contribution in [-0.2, 0) is 14.8 Å². The van der Waals surface area contributed by atoms with Crippen LogP contribution in [0.25, 0.3) is 0 Å². The zero-order valence-corrected chi connectivity index (χ0v) is 17.9. The van der Waals surface area contributed by atoms with E-state index >= 15 is 0 Å². The van der Waals surface area contributed by atoms with E-state index < -0.39 is 15.9 Å². The van der Waals surface area contributed by atoms with Crippen molar-refractivity contribution in [3.63, 3.8) is 0 Å². The molecule has 0 atom stereocenters. The molecule has 0 bridgehead atoms. The summed E-state index contributed by atoms with van der Waals surface area (Å²) >= 11 is 6.07. The molecule has 0 fully saturated rings. The maximum absolute atomic E-state index is 12.2. The number of rotatable bonds is 10. The summed E-state index contributed by atoms with van der Waals surface area (Å²) in [7, 11) is -0.690. The standard InChI is InChI=1S/C19H23ClN2O6S/c1-26-15-5-4-6-16(12-15)28-10-9-21-19(23)13-22(29(3,24)25)14-7-8-18(27-2)17(20)11-14/h4-8,11-12H,9-10,13H2,1-3H3,(H,21,23). The number of nitrogens with one attached hydrogen (secondary N) is 1. The number of anilines is 1. The van der Waals surface area contributed by atoms with Crippen molar-refractivity contribution in [2.75, 3.05) is 44.5 Å². The molecule has 0 saturated carbocycles. The molecule has 0 unspecified atom stereocenters. The molecule has 0 aliphatic carbocycles. The highest BCUT2D eigenvalue weighted by Gasteiger charge is 2.21. The van der Waals surface area contributed by atoms with Gasteiger partial charge in [-0.2, -0.15) is 0 Å². The van der Waals surface area contributed by atoms with Gasteiger partial charge in [0.2, 0.25) is 15.9 Å². The summed E-state index contributed by atoms with van der Waals surface area (Å²) in [4.78, 5) is 12.2. The first-order valence-corrected chi connectivity index (χ1v) is 10.8. The molecule has 10 heteroatoms. The lowest BCUT2D eigenvalue weighted by atomic mass is 10.3. The number of carbonyl (C=O) groups is 1. The number of sulfonamides is 1. The summed E-state index contributed by atoms with van der Waals surface area (Å²) in [6.45, 7) is 0.0316. The van der Waals surface area contributed by atoms with Crippen LogP contribution in [0.1, 0.15) is 0 Å². The second-order valence-corrected chi connectivity index (χ2v) is 8.28. The SMILES string of the molecule is COc1cccc(OCCNC(=O)CN(c2ccc(OC)c(Cl)c2)S(C)(=O)=O)c1. The minimum absolute atomic E-state index is 0.205. The molecule has 2 rings (SSSR count). The number of hydrogen-bond donors (Lipinski definition) is 1. The van der Waals surface area contributed by atoms with Gasteiger partial charge in [0.25, 0.3) is 0 Å². The van der Waals surface area contributed by atoms with Gasteiger partial charge in [0.1, 0.15) is 30.4 Å². The Morgan fingerprint density at radius 3 is 2.45 bits per heavy atom. The Labute approximate surface area is 175 Å². The van der Waals surface area contributed by atoms with E-state index in [1.807, 2.05) is 0 Å². The van der Waals surface area contributed by atoms with Crippen LogP contribution in [0.4, 0.5) is 5.69 Å². The number of methoxy groups -OCH3 is 2. The Kier molecular flexibility index (Phi) is 7.98. The van der Waals surface area contributed by atoms with E-state index in [1.54, 1.807) is 31.4 Å². The second kappa shape index (κ2) is 10.2. The number of carbonyl (C=O) groups excluding carboxylic acids is 1. The highest BCUT2D eigenvalue weighted by Crippen LogP contribution is 2.30. The Hall–Kier alpha value is -2.65. The highest BCUT2D eigenvalue weighted by atomic mass is 35.5. The van der Waals surface area contributed by atoms with Gasteiger partial charge in [-0.1, -0.05) is 17.7 Å². The van der Waals surface area contributed by atoms with Gasteiger partial charge in [0.05, 0.1) is 37.7 Å². The van der Waals surface area contributed by atoms with Crippen LogP contribution < -0.4 is 23.8 Å². The fourth-order valence-electron chi connectivity index (χ4n) is 2.45. The van der Waals surface area contributed by atoms with Crippen LogP contribution in [-0.4, -0.2) is 54.5 Å². The van der Waals surface area contributed by atoms with Gasteiger partial charge in [0.15, 0.2) is 0 Å². The lowest BCUT2D eigenvalue weighted by Gasteiger charge is -2.22. The fourth-order valence-corrected chi connectivity index (χ4v) is 3.55. The highest BCUT2D eigenvalue weighted by molar-refractivity contribution is 7.92. The van der Waals surface area contributed by atoms with Crippen LogP contribution in [0.3, 0.4) is 0 Å². The molecule has 0 aliphatic rings. The number of nitrogens with zero attached hydrogens (tertiary/aromatic N) is 1. The summed E-state index contributed by atoms with van der Waals surface area (Å²) in [6, 6.07) is 11.6. The third kappa shape index (κ3) is 6.72. The molecular formula is C19H23ClN2O6S. The largest absolute Gasteiger partial charge is 0.497 e. The Bertz CT molecular complexity index is 951. The summed E-state index contributed by atoms with van der Waals surface area (Å²) in [5, 5.41) is 2.87. The average molecular weight is 443 g/mol. The van der Waals surface area contributed by atoms with Gasteiger partial charge in [0, 0.05) is 6.07 Å². The molecule has 0 spiro atoms. The Morgan fingerprint density at radius 2 is 1.83 bits per heavy atom. The van der Waals surface area contributed by atoms with E-state index in [9.17, 15) is 13.2 Å². The molecule has 29 heavy (non-hydrogen) atoms. The minimum Gasteiger partial charge on any atom is -0.497 e. The molecule has 2 aromatic carbocycles. The number of hydrogen-bond acceptors (Lipinski definition) is 6. The van der Waals surface area contributed by atoms with Gasteiger partial charge in [-0.3, -0.25) is 9.10 Å². The van der Waals surface area contributed by atoms with Gasteiger partial charge in [-0.05, 0) is 30.3 Å². The number of ether oxygens (including phenoxy) is 3. The first-order chi connectivity index (χ1) is 13.7. The van der Waals surface area contributed by atoms with Crippen molar-refractivity contribution in [3.05, 3.63) is 47.5 Å². The van der Waals surface area contributed by atoms with E-state index in [0.717, 1.165) is 10.6 Å².